The van der Waals surface area contributed by atoms with Crippen LogP contribution in [0.1, 0.15) is 41.6 Å². The lowest BCUT2D eigenvalue weighted by molar-refractivity contribution is -0.132. The normalized spacial score (nSPS) is 19.8. The third-order valence-corrected chi connectivity index (χ3v) is 3.20. The van der Waals surface area contributed by atoms with Gasteiger partial charge in [-0.15, -0.1) is 0 Å². The predicted octanol–water partition coefficient (Wildman–Crippen LogP) is 1.53. The van der Waals surface area contributed by atoms with E-state index in [0.717, 1.165) is 18.4 Å². The van der Waals surface area contributed by atoms with Gasteiger partial charge in [-0.25, -0.2) is 0 Å². The quantitative estimate of drug-likeness (QED) is 0.709. The van der Waals surface area contributed by atoms with Crippen LogP contribution in [0.5, 0.6) is 0 Å². The highest BCUT2D eigenvalue weighted by Gasteiger charge is 2.36. The van der Waals surface area contributed by atoms with E-state index in [9.17, 15) is 9.59 Å². The van der Waals surface area contributed by atoms with Crippen LogP contribution in [0.3, 0.4) is 0 Å². The van der Waals surface area contributed by atoms with Crippen LogP contribution in [0.4, 0.5) is 0 Å². The van der Waals surface area contributed by atoms with Gasteiger partial charge in [-0.05, 0) is 18.9 Å². The molecule has 84 valence electrons. The maximum absolute atomic E-state index is 11.8. The second-order valence-electron chi connectivity index (χ2n) is 4.54. The van der Waals surface area contributed by atoms with Crippen molar-refractivity contribution in [1.29, 1.82) is 0 Å². The van der Waals surface area contributed by atoms with Gasteiger partial charge in [0.1, 0.15) is 5.76 Å². The highest BCUT2D eigenvalue weighted by Crippen LogP contribution is 2.33. The van der Waals surface area contributed by atoms with Crippen LogP contribution in [-0.2, 0) is 17.8 Å². The summed E-state index contributed by atoms with van der Waals surface area (Å²) in [5, 5.41) is 0. The molecule has 1 aliphatic carbocycles. The Kier molecular flexibility index (Phi) is 1.93. The van der Waals surface area contributed by atoms with Gasteiger partial charge >= 0.3 is 0 Å². The largest absolute Gasteiger partial charge is 0.457 e. The van der Waals surface area contributed by atoms with E-state index in [1.54, 1.807) is 6.07 Å². The summed E-state index contributed by atoms with van der Waals surface area (Å²) in [5.41, 5.74) is 0.997. The fourth-order valence-electron chi connectivity index (χ4n) is 2.15. The molecule has 0 aromatic carbocycles. The molecule has 0 saturated heterocycles. The molecule has 1 fully saturated rings. The van der Waals surface area contributed by atoms with Gasteiger partial charge in [-0.1, -0.05) is 0 Å². The molecule has 0 unspecified atom stereocenters. The van der Waals surface area contributed by atoms with Gasteiger partial charge < -0.3 is 9.32 Å². The molecule has 0 atom stereocenters. The molecule has 1 aliphatic heterocycles. The molecule has 0 N–H and O–H groups in total. The Balaban J connectivity index is 1.92. The zero-order chi connectivity index (χ0) is 11.3. The fraction of sp³-hybridized carbons (Fsp3) is 0.500. The van der Waals surface area contributed by atoms with E-state index in [4.69, 9.17) is 4.42 Å². The number of fused-ring (bicyclic) bond motifs is 1. The van der Waals surface area contributed by atoms with Crippen molar-refractivity contribution in [2.45, 2.75) is 38.8 Å². The van der Waals surface area contributed by atoms with Gasteiger partial charge in [0.05, 0.1) is 6.42 Å². The maximum Gasteiger partial charge on any atom is 0.230 e. The highest BCUT2D eigenvalue weighted by molar-refractivity contribution is 5.92. The summed E-state index contributed by atoms with van der Waals surface area (Å²) in [4.78, 5) is 24.9. The fourth-order valence-corrected chi connectivity index (χ4v) is 2.15. The number of rotatable bonds is 2. The minimum atomic E-state index is -0.0835. The van der Waals surface area contributed by atoms with Crippen molar-refractivity contribution in [3.05, 3.63) is 23.2 Å². The minimum absolute atomic E-state index is 0.0835. The zero-order valence-corrected chi connectivity index (χ0v) is 9.16. The second-order valence-corrected chi connectivity index (χ2v) is 4.54. The first-order chi connectivity index (χ1) is 7.65. The van der Waals surface area contributed by atoms with E-state index < -0.39 is 0 Å². The van der Waals surface area contributed by atoms with Gasteiger partial charge in [-0.2, -0.15) is 0 Å². The summed E-state index contributed by atoms with van der Waals surface area (Å²) in [6.45, 7) is 2.08. The van der Waals surface area contributed by atoms with Crippen molar-refractivity contribution in [3.63, 3.8) is 0 Å². The third kappa shape index (κ3) is 1.45. The van der Waals surface area contributed by atoms with Gasteiger partial charge in [0.25, 0.3) is 0 Å². The van der Waals surface area contributed by atoms with Crippen molar-refractivity contribution in [2.75, 3.05) is 0 Å². The Morgan fingerprint density at radius 1 is 1.50 bits per heavy atom. The molecule has 0 radical (unpaired) electrons. The summed E-state index contributed by atoms with van der Waals surface area (Å²) >= 11 is 0. The van der Waals surface area contributed by atoms with E-state index in [0.29, 0.717) is 30.5 Å². The van der Waals surface area contributed by atoms with Crippen LogP contribution in [0.25, 0.3) is 0 Å². The molecular weight excluding hydrogens is 206 g/mol. The molecule has 4 heteroatoms. The van der Waals surface area contributed by atoms with Crippen molar-refractivity contribution in [3.8, 4) is 0 Å². The number of amides is 1. The number of furan rings is 1. The lowest BCUT2D eigenvalue weighted by atomic mass is 10.1. The van der Waals surface area contributed by atoms with Gasteiger partial charge in [0.15, 0.2) is 11.5 Å². The number of carbonyl (C=O) groups excluding carboxylic acids is 2. The maximum atomic E-state index is 11.8. The molecule has 1 amide bonds. The highest BCUT2D eigenvalue weighted by atomic mass is 16.3. The lowest BCUT2D eigenvalue weighted by Gasteiger charge is -2.25. The Labute approximate surface area is 93.2 Å². The Hall–Kier alpha value is -1.58. The molecule has 4 nitrogen and oxygen atoms in total. The topological polar surface area (TPSA) is 50.5 Å². The number of Topliss-reactive ketones (excluding diaryl/α,β-unsaturated/α-hetero) is 1. The number of hydrogen-bond donors (Lipinski definition) is 0. The Morgan fingerprint density at radius 3 is 2.88 bits per heavy atom. The summed E-state index contributed by atoms with van der Waals surface area (Å²) in [5.74, 6) is 1.09. The molecule has 0 bridgehead atoms. The summed E-state index contributed by atoms with van der Waals surface area (Å²) in [6, 6.07) is 2.20. The summed E-state index contributed by atoms with van der Waals surface area (Å²) in [7, 11) is 0. The minimum Gasteiger partial charge on any atom is -0.457 e. The van der Waals surface area contributed by atoms with E-state index in [2.05, 4.69) is 0 Å². The van der Waals surface area contributed by atoms with Crippen LogP contribution in [0, 0.1) is 0 Å². The molecule has 3 rings (SSSR count). The molecule has 2 heterocycles. The number of carbonyl (C=O) groups is 2. The average Bonchev–Trinajstić information content (AvgIpc) is 2.97. The Bertz CT molecular complexity index is 471. The molecule has 16 heavy (non-hydrogen) atoms. The smallest absolute Gasteiger partial charge is 0.230 e. The lowest BCUT2D eigenvalue weighted by Crippen LogP contribution is -2.37. The van der Waals surface area contributed by atoms with Crippen molar-refractivity contribution >= 4 is 11.7 Å². The van der Waals surface area contributed by atoms with Gasteiger partial charge in [0.2, 0.25) is 5.91 Å². The van der Waals surface area contributed by atoms with E-state index in [-0.39, 0.29) is 11.7 Å². The second kappa shape index (κ2) is 3.20. The first kappa shape index (κ1) is 9.63. The molecular formula is C12H13NO3. The van der Waals surface area contributed by atoms with Crippen LogP contribution in [-0.4, -0.2) is 22.6 Å². The van der Waals surface area contributed by atoms with E-state index >= 15 is 0 Å². The van der Waals surface area contributed by atoms with Crippen LogP contribution in [0.15, 0.2) is 10.5 Å². The standard InChI is InChI=1S/C12H13NO3/c1-7(14)10-4-8-6-13(9-2-3-9)12(15)5-11(8)16-10/h4,9H,2-3,5-6H2,1H3. The predicted molar refractivity (Wildman–Crippen MR) is 56.0 cm³/mol. The third-order valence-electron chi connectivity index (χ3n) is 3.20. The van der Waals surface area contributed by atoms with Gasteiger partial charge in [-0.3, -0.25) is 9.59 Å². The monoisotopic (exact) mass is 219 g/mol. The van der Waals surface area contributed by atoms with Crippen molar-refractivity contribution < 1.29 is 14.0 Å². The van der Waals surface area contributed by atoms with Crippen LogP contribution in [0.2, 0.25) is 0 Å². The van der Waals surface area contributed by atoms with Gasteiger partial charge in [0, 0.05) is 25.1 Å². The molecule has 2 aliphatic rings. The van der Waals surface area contributed by atoms with Crippen molar-refractivity contribution in [2.24, 2.45) is 0 Å². The van der Waals surface area contributed by atoms with E-state index in [1.165, 1.54) is 6.92 Å². The molecule has 1 saturated carbocycles. The van der Waals surface area contributed by atoms with Crippen LogP contribution < -0.4 is 0 Å². The summed E-state index contributed by atoms with van der Waals surface area (Å²) in [6.07, 6.45) is 2.52. The summed E-state index contributed by atoms with van der Waals surface area (Å²) < 4.78 is 5.39. The molecule has 0 spiro atoms. The molecule has 1 aromatic heterocycles. The first-order valence-electron chi connectivity index (χ1n) is 5.57. The number of ketones is 1. The SMILES string of the molecule is CC(=O)c1cc2c(o1)CC(=O)N(C1CC1)C2. The van der Waals surface area contributed by atoms with E-state index in [1.807, 2.05) is 4.90 Å². The van der Waals surface area contributed by atoms with Crippen molar-refractivity contribution in [1.82, 2.24) is 4.90 Å². The zero-order valence-electron chi connectivity index (χ0n) is 9.16. The number of nitrogens with zero attached hydrogens (tertiary/aromatic N) is 1. The number of hydrogen-bond acceptors (Lipinski definition) is 3. The Morgan fingerprint density at radius 2 is 2.25 bits per heavy atom. The van der Waals surface area contributed by atoms with Crippen LogP contribution >= 0.6 is 0 Å². The molecule has 1 aromatic rings. The first-order valence-corrected chi connectivity index (χ1v) is 5.57. The average molecular weight is 219 g/mol.